The standard InChI is InChI=1S/C29H38FN3O4/c30-29(11-10-24-9-8-21-5-2-13-31-28(21)32-24)12-14-33(20-29)18-23(17-27(34)35)22-4-1-6-25(16-22)37-19-26-7-3-15-36-26/h1,4,6,8-9,16,23,26H,2-3,5,7,10-15,17-20H2,(H,31,32)(H,34,35)/t23?,26-,29-/m0/s1. The average molecular weight is 512 g/mol. The molecule has 2 fully saturated rings. The molecule has 0 radical (unpaired) electrons. The van der Waals surface area contributed by atoms with E-state index in [1.165, 1.54) is 5.56 Å². The number of likely N-dealkylation sites (tertiary alicyclic amines) is 1. The summed E-state index contributed by atoms with van der Waals surface area (Å²) >= 11 is 0. The summed E-state index contributed by atoms with van der Waals surface area (Å²) in [5.41, 5.74) is 1.79. The van der Waals surface area contributed by atoms with Gasteiger partial charge in [0.15, 0.2) is 0 Å². The number of carboxylic acid groups (broad SMARTS) is 1. The molecule has 4 heterocycles. The van der Waals surface area contributed by atoms with Crippen LogP contribution in [0.25, 0.3) is 0 Å². The van der Waals surface area contributed by atoms with E-state index in [0.717, 1.165) is 61.7 Å². The first kappa shape index (κ1) is 25.9. The van der Waals surface area contributed by atoms with E-state index >= 15 is 4.39 Å². The molecule has 2 N–H and O–H groups in total. The topological polar surface area (TPSA) is 83.9 Å². The van der Waals surface area contributed by atoms with Gasteiger partial charge in [0.1, 0.15) is 23.8 Å². The van der Waals surface area contributed by atoms with E-state index in [1.54, 1.807) is 0 Å². The zero-order valence-corrected chi connectivity index (χ0v) is 21.5. The molecule has 0 spiro atoms. The third-order valence-electron chi connectivity index (χ3n) is 7.85. The second-order valence-electron chi connectivity index (χ2n) is 10.8. The van der Waals surface area contributed by atoms with Crippen molar-refractivity contribution in [2.24, 2.45) is 0 Å². The number of pyridine rings is 1. The van der Waals surface area contributed by atoms with Gasteiger partial charge in [-0.25, -0.2) is 9.37 Å². The monoisotopic (exact) mass is 511 g/mol. The molecule has 8 heteroatoms. The normalized spacial score (nSPS) is 24.4. The van der Waals surface area contributed by atoms with Crippen molar-refractivity contribution in [3.05, 3.63) is 53.2 Å². The van der Waals surface area contributed by atoms with Gasteiger partial charge < -0.3 is 19.9 Å². The van der Waals surface area contributed by atoms with Crippen LogP contribution in [0.15, 0.2) is 36.4 Å². The number of halogens is 1. The van der Waals surface area contributed by atoms with Crippen LogP contribution in [-0.4, -0.2) is 72.1 Å². The molecule has 0 aliphatic carbocycles. The van der Waals surface area contributed by atoms with Crippen molar-refractivity contribution in [2.75, 3.05) is 44.7 Å². The van der Waals surface area contributed by atoms with Crippen LogP contribution in [0.3, 0.4) is 0 Å². The quantitative estimate of drug-likeness (QED) is 0.456. The molecular formula is C29H38FN3O4. The third kappa shape index (κ3) is 6.99. The number of rotatable bonds is 11. The Morgan fingerprint density at radius 2 is 2.24 bits per heavy atom. The van der Waals surface area contributed by atoms with Crippen LogP contribution in [0.5, 0.6) is 5.75 Å². The number of alkyl halides is 1. The number of nitrogens with zero attached hydrogens (tertiary/aromatic N) is 2. The molecule has 0 saturated carbocycles. The summed E-state index contributed by atoms with van der Waals surface area (Å²) in [7, 11) is 0. The Morgan fingerprint density at radius 3 is 3.08 bits per heavy atom. The van der Waals surface area contributed by atoms with Gasteiger partial charge in [-0.2, -0.15) is 0 Å². The van der Waals surface area contributed by atoms with Gasteiger partial charge in [0, 0.05) is 44.4 Å². The zero-order chi connectivity index (χ0) is 25.7. The lowest BCUT2D eigenvalue weighted by Gasteiger charge is -2.25. The summed E-state index contributed by atoms with van der Waals surface area (Å²) in [5.74, 6) is 0.577. The number of ether oxygens (including phenoxy) is 2. The van der Waals surface area contributed by atoms with Gasteiger partial charge in [-0.3, -0.25) is 9.69 Å². The Morgan fingerprint density at radius 1 is 1.32 bits per heavy atom. The van der Waals surface area contributed by atoms with E-state index in [1.807, 2.05) is 30.3 Å². The minimum absolute atomic E-state index is 0.00296. The summed E-state index contributed by atoms with van der Waals surface area (Å²) in [6, 6.07) is 11.8. The second-order valence-corrected chi connectivity index (χ2v) is 10.8. The molecule has 37 heavy (non-hydrogen) atoms. The van der Waals surface area contributed by atoms with Crippen LogP contribution >= 0.6 is 0 Å². The molecule has 3 atom stereocenters. The highest BCUT2D eigenvalue weighted by atomic mass is 19.1. The second kappa shape index (κ2) is 11.8. The Balaban J connectivity index is 1.17. The summed E-state index contributed by atoms with van der Waals surface area (Å²) in [6.45, 7) is 3.67. The van der Waals surface area contributed by atoms with Gasteiger partial charge >= 0.3 is 5.97 Å². The molecule has 3 aliphatic heterocycles. The van der Waals surface area contributed by atoms with Crippen molar-refractivity contribution in [3.8, 4) is 5.75 Å². The van der Waals surface area contributed by atoms with Crippen molar-refractivity contribution in [1.29, 1.82) is 0 Å². The number of hydrogen-bond donors (Lipinski definition) is 2. The lowest BCUT2D eigenvalue weighted by Crippen LogP contribution is -2.32. The highest BCUT2D eigenvalue weighted by Crippen LogP contribution is 2.34. The molecule has 2 aromatic rings. The first-order valence-corrected chi connectivity index (χ1v) is 13.7. The minimum Gasteiger partial charge on any atom is -0.491 e. The molecule has 1 unspecified atom stereocenters. The number of carboxylic acids is 1. The van der Waals surface area contributed by atoms with Gasteiger partial charge in [-0.1, -0.05) is 18.2 Å². The summed E-state index contributed by atoms with van der Waals surface area (Å²) < 4.78 is 27.4. The van der Waals surface area contributed by atoms with Crippen LogP contribution in [0.2, 0.25) is 0 Å². The molecule has 1 aromatic heterocycles. The largest absolute Gasteiger partial charge is 0.491 e. The first-order valence-electron chi connectivity index (χ1n) is 13.7. The van der Waals surface area contributed by atoms with E-state index in [9.17, 15) is 9.90 Å². The molecule has 0 amide bonds. The zero-order valence-electron chi connectivity index (χ0n) is 21.5. The van der Waals surface area contributed by atoms with Gasteiger partial charge in [0.2, 0.25) is 0 Å². The predicted molar refractivity (Wildman–Crippen MR) is 140 cm³/mol. The fourth-order valence-corrected chi connectivity index (χ4v) is 5.77. The highest BCUT2D eigenvalue weighted by Gasteiger charge is 2.39. The summed E-state index contributed by atoms with van der Waals surface area (Å²) in [4.78, 5) is 18.5. The molecule has 2 saturated heterocycles. The lowest BCUT2D eigenvalue weighted by atomic mass is 9.94. The minimum atomic E-state index is -1.29. The van der Waals surface area contributed by atoms with Crippen LogP contribution in [0, 0.1) is 0 Å². The number of carbonyl (C=O) groups is 1. The van der Waals surface area contributed by atoms with Crippen LogP contribution in [0.4, 0.5) is 10.2 Å². The lowest BCUT2D eigenvalue weighted by molar-refractivity contribution is -0.137. The third-order valence-corrected chi connectivity index (χ3v) is 7.85. The average Bonchev–Trinajstić information content (AvgIpc) is 3.56. The smallest absolute Gasteiger partial charge is 0.304 e. The SMILES string of the molecule is O=C(O)CC(CN1CC[C@@](F)(CCc2ccc3c(n2)NCCC3)C1)c1cccc(OC[C@@H]2CCCO2)c1. The molecular weight excluding hydrogens is 473 g/mol. The number of nitrogens with one attached hydrogen (secondary N) is 1. The maximum absolute atomic E-state index is 15.8. The summed E-state index contributed by atoms with van der Waals surface area (Å²) in [6.07, 6.45) is 5.81. The van der Waals surface area contributed by atoms with Crippen molar-refractivity contribution in [3.63, 3.8) is 0 Å². The van der Waals surface area contributed by atoms with E-state index < -0.39 is 11.6 Å². The van der Waals surface area contributed by atoms with E-state index in [2.05, 4.69) is 16.3 Å². The van der Waals surface area contributed by atoms with Crippen molar-refractivity contribution in [2.45, 2.75) is 69.1 Å². The Labute approximate surface area is 218 Å². The van der Waals surface area contributed by atoms with Crippen molar-refractivity contribution >= 4 is 11.8 Å². The molecule has 3 aliphatic rings. The number of aromatic nitrogens is 1. The van der Waals surface area contributed by atoms with E-state index in [0.29, 0.717) is 45.5 Å². The molecule has 7 nitrogen and oxygen atoms in total. The summed E-state index contributed by atoms with van der Waals surface area (Å²) in [5, 5.41) is 12.9. The molecule has 5 rings (SSSR count). The van der Waals surface area contributed by atoms with Gasteiger partial charge in [-0.05, 0) is 74.3 Å². The molecule has 1 aromatic carbocycles. The number of fused-ring (bicyclic) bond motifs is 1. The van der Waals surface area contributed by atoms with Crippen LogP contribution < -0.4 is 10.1 Å². The number of anilines is 1. The molecule has 200 valence electrons. The van der Waals surface area contributed by atoms with Crippen LogP contribution in [-0.2, 0) is 22.4 Å². The van der Waals surface area contributed by atoms with Gasteiger partial charge in [0.05, 0.1) is 12.5 Å². The highest BCUT2D eigenvalue weighted by molar-refractivity contribution is 5.68. The fraction of sp³-hybridized carbons (Fsp3) is 0.586. The van der Waals surface area contributed by atoms with Crippen LogP contribution in [0.1, 0.15) is 61.3 Å². The Bertz CT molecular complexity index is 1080. The number of aryl methyl sites for hydroxylation is 2. The maximum atomic E-state index is 15.8. The van der Waals surface area contributed by atoms with Gasteiger partial charge in [0.25, 0.3) is 0 Å². The Kier molecular flexibility index (Phi) is 8.25. The Hall–Kier alpha value is -2.71. The predicted octanol–water partition coefficient (Wildman–Crippen LogP) is 4.60. The fourth-order valence-electron chi connectivity index (χ4n) is 5.77. The molecule has 0 bridgehead atoms. The van der Waals surface area contributed by atoms with E-state index in [-0.39, 0.29) is 18.4 Å². The number of benzene rings is 1. The first-order chi connectivity index (χ1) is 18.0. The maximum Gasteiger partial charge on any atom is 0.304 e. The van der Waals surface area contributed by atoms with E-state index in [4.69, 9.17) is 14.5 Å². The van der Waals surface area contributed by atoms with Gasteiger partial charge in [-0.15, -0.1) is 0 Å². The van der Waals surface area contributed by atoms with Crippen molar-refractivity contribution in [1.82, 2.24) is 9.88 Å². The van der Waals surface area contributed by atoms with Crippen molar-refractivity contribution < 1.29 is 23.8 Å². The number of aliphatic carboxylic acids is 1. The number of hydrogen-bond acceptors (Lipinski definition) is 6.